The molecule has 6 aromatic carbocycles. The largest absolute Gasteiger partial charge is 0.715 e. The van der Waals surface area contributed by atoms with Crippen LogP contribution < -0.4 is 32.0 Å². The van der Waals surface area contributed by atoms with Gasteiger partial charge in [-0.15, -0.1) is 0 Å². The minimum atomic E-state index is -4.08. The number of nitrogens with zero attached hydrogens (tertiary/aromatic N) is 1. The smallest absolute Gasteiger partial charge is 0.425 e. The van der Waals surface area contributed by atoms with Gasteiger partial charge in [-0.05, 0) is 215 Å². The first-order chi connectivity index (χ1) is 43.1. The Morgan fingerprint density at radius 3 is 0.642 bits per heavy atom. The molecule has 6 aromatic rings. The highest BCUT2D eigenvalue weighted by Crippen LogP contribution is 2.67. The molecule has 6 rings (SSSR count). The Balaban J connectivity index is 1.67. The van der Waals surface area contributed by atoms with E-state index in [1.54, 1.807) is 0 Å². The summed E-state index contributed by atoms with van der Waals surface area (Å²) in [6.07, 6.45) is 5.95. The zero-order valence-electron chi connectivity index (χ0n) is 64.8. The van der Waals surface area contributed by atoms with Gasteiger partial charge in [0.25, 0.3) is 0 Å². The summed E-state index contributed by atoms with van der Waals surface area (Å²) in [6, 6.07) is 50.6. The molecule has 0 aliphatic heterocycles. The van der Waals surface area contributed by atoms with Crippen LogP contribution in [0.4, 0.5) is 0 Å². The van der Waals surface area contributed by atoms with Crippen LogP contribution in [0.5, 0.6) is 34.5 Å². The van der Waals surface area contributed by atoms with Gasteiger partial charge in [-0.25, -0.2) is 9.05 Å². The fraction of sp³-hybridized carbons (Fsp3) is 0.571. The number of hydrogen-bond donors (Lipinski definition) is 1. The lowest BCUT2D eigenvalue weighted by Gasteiger charge is -2.33. The molecule has 0 atom stereocenters. The third-order valence-corrected chi connectivity index (χ3v) is 22.8. The normalized spacial score (nSPS) is 13.8. The van der Waals surface area contributed by atoms with Gasteiger partial charge in [0.2, 0.25) is 4.52 Å². The molecule has 8 nitrogen and oxygen atoms in total. The van der Waals surface area contributed by atoms with Gasteiger partial charge in [0.15, 0.2) is 23.0 Å². The molecule has 0 aliphatic carbocycles. The van der Waals surface area contributed by atoms with Crippen LogP contribution >= 0.6 is 24.7 Å². The summed E-state index contributed by atoms with van der Waals surface area (Å²) in [6.45, 7) is 69.2. The van der Waals surface area contributed by atoms with Crippen molar-refractivity contribution in [1.29, 1.82) is 0 Å². The minimum Gasteiger partial charge on any atom is -0.425 e. The monoisotopic (exact) mass is 1350 g/mol. The van der Waals surface area contributed by atoms with E-state index in [4.69, 9.17) is 31.7 Å². The van der Waals surface area contributed by atoms with E-state index in [1.165, 1.54) is 33.4 Å². The number of benzene rings is 6. The van der Waals surface area contributed by atoms with Crippen molar-refractivity contribution in [3.8, 4) is 34.5 Å². The quantitative estimate of drug-likeness (QED) is 0.0515. The summed E-state index contributed by atoms with van der Waals surface area (Å²) < 4.78 is 49.9. The van der Waals surface area contributed by atoms with Gasteiger partial charge in [-0.2, -0.15) is 0 Å². The summed E-state index contributed by atoms with van der Waals surface area (Å²) in [5.74, 6) is 3.45. The summed E-state index contributed by atoms with van der Waals surface area (Å²) >= 11 is 0. The molecule has 0 spiro atoms. The summed E-state index contributed by atoms with van der Waals surface area (Å²) in [4.78, 5) is 3.85. The molecule has 1 N–H and O–H groups in total. The molecule has 522 valence electrons. The Morgan fingerprint density at radius 2 is 0.453 bits per heavy atom. The molecule has 95 heavy (non-hydrogen) atoms. The van der Waals surface area contributed by atoms with Crippen molar-refractivity contribution in [3.05, 3.63) is 179 Å². The summed E-state index contributed by atoms with van der Waals surface area (Å²) in [5, 5.41) is 0. The summed E-state index contributed by atoms with van der Waals surface area (Å²) in [5.41, 5.74) is 7.24. The Hall–Kier alpha value is -4.96. The van der Waals surface area contributed by atoms with Gasteiger partial charge >= 0.3 is 24.7 Å². The number of rotatable bonds is 27. The zero-order chi connectivity index (χ0) is 71.5. The maximum Gasteiger partial charge on any atom is 0.715 e. The van der Waals surface area contributed by atoms with Crippen LogP contribution in [0.1, 0.15) is 280 Å². The molecule has 0 unspecified atom stereocenters. The standard InChI is InChI=1S/C84H127N2O6P3/c1-73(2,3)55-79(19,20)61-31-43-67(44-32-61)87-93(88-68-45-33-62(34-46-68)80(21,22)56-74(4,5)6)85-95(91-71-51-39-65(40-52-71)83(27,28)59-77(13,14)15,92-72-53-41-66(42-54-72)84(29,30)60-78(16,17)18)86-94(89-69-47-35-63(36-48-69)81(23,24)57-75(7,8)9)90-70-49-37-64(38-50-70)82(25,26)58-76(10,11)12/h31-54,85H,55-60H2,1-30H3/q+2. The highest BCUT2D eigenvalue weighted by molar-refractivity contribution is 7.75. The van der Waals surface area contributed by atoms with E-state index in [2.05, 4.69) is 285 Å². The lowest BCUT2D eigenvalue weighted by molar-refractivity contribution is 0.283. The average molecular weight is 1350 g/mol. The molecule has 0 aromatic heterocycles. The zero-order valence-corrected chi connectivity index (χ0v) is 67.5. The molecule has 0 bridgehead atoms. The first kappa shape index (κ1) is 79.0. The maximum atomic E-state index is 7.61. The van der Waals surface area contributed by atoms with Crippen LogP contribution in [0.3, 0.4) is 0 Å². The predicted molar refractivity (Wildman–Crippen MR) is 411 cm³/mol. The van der Waals surface area contributed by atoms with E-state index in [-0.39, 0.29) is 65.0 Å². The highest BCUT2D eigenvalue weighted by atomic mass is 31.3. The molecule has 0 saturated heterocycles. The van der Waals surface area contributed by atoms with Gasteiger partial charge in [0.1, 0.15) is 11.5 Å². The topological polar surface area (TPSA) is 79.8 Å². The van der Waals surface area contributed by atoms with Crippen LogP contribution in [-0.2, 0) is 32.5 Å². The minimum absolute atomic E-state index is 0.0969. The van der Waals surface area contributed by atoms with Crippen LogP contribution in [0.25, 0.3) is 0 Å². The van der Waals surface area contributed by atoms with Crippen molar-refractivity contribution in [1.82, 2.24) is 4.86 Å². The SMILES string of the molecule is CC(C)(C)CC(C)(C)c1ccc(OP(N[P+](N=[P+](Oc2ccc(C(C)(C)CC(C)(C)C)cc2)Oc2ccc(C(C)(C)CC(C)(C)C)cc2)(Oc2ccc(C(C)(C)CC(C)(C)C)cc2)Oc2ccc(C(C)(C)CC(C)(C)C)cc2)Oc2ccc(C(C)(C)CC(C)(C)C)cc2)cc1. The van der Waals surface area contributed by atoms with Gasteiger partial charge < -0.3 is 9.05 Å². The van der Waals surface area contributed by atoms with Crippen LogP contribution in [0, 0.1) is 32.5 Å². The average Bonchev–Trinajstić information content (AvgIpc) is 0.796. The van der Waals surface area contributed by atoms with E-state index in [0.29, 0.717) is 34.5 Å². The lowest BCUT2D eigenvalue weighted by Crippen LogP contribution is -2.25. The molecule has 0 saturated carbocycles. The Bertz CT molecular complexity index is 3210. The second-order valence-corrected chi connectivity index (χ2v) is 43.3. The van der Waals surface area contributed by atoms with Crippen molar-refractivity contribution in [3.63, 3.8) is 0 Å². The fourth-order valence-corrected chi connectivity index (χ4v) is 21.0. The van der Waals surface area contributed by atoms with Crippen molar-refractivity contribution < 1.29 is 27.1 Å². The van der Waals surface area contributed by atoms with E-state index in [0.717, 1.165) is 38.5 Å². The predicted octanol–water partition coefficient (Wildman–Crippen LogP) is 27.7. The third-order valence-electron chi connectivity index (χ3n) is 17.2. The molecule has 0 fully saturated rings. The van der Waals surface area contributed by atoms with E-state index < -0.39 is 24.7 Å². The molecular weight excluding hydrogens is 1230 g/mol. The second-order valence-electron chi connectivity index (χ2n) is 38.6. The van der Waals surface area contributed by atoms with Gasteiger partial charge in [0, 0.05) is 0 Å². The first-order valence-corrected chi connectivity index (χ1v) is 38.7. The van der Waals surface area contributed by atoms with Gasteiger partial charge in [0.05, 0.1) is 0 Å². The first-order valence-electron chi connectivity index (χ1n) is 34.8. The van der Waals surface area contributed by atoms with Crippen molar-refractivity contribution in [2.24, 2.45) is 37.0 Å². The van der Waals surface area contributed by atoms with E-state index in [1.807, 2.05) is 72.8 Å². The van der Waals surface area contributed by atoms with Crippen molar-refractivity contribution >= 4 is 24.7 Å². The Morgan fingerprint density at radius 1 is 0.274 bits per heavy atom. The molecule has 11 heteroatoms. The molecular formula is C84H127N2O6P3+2. The Kier molecular flexibility index (Phi) is 24.5. The third kappa shape index (κ3) is 25.4. The van der Waals surface area contributed by atoms with Crippen LogP contribution in [0.2, 0.25) is 0 Å². The van der Waals surface area contributed by atoms with Gasteiger partial charge in [-0.1, -0.05) is 281 Å². The second kappa shape index (κ2) is 29.5. The van der Waals surface area contributed by atoms with Crippen molar-refractivity contribution in [2.75, 3.05) is 0 Å². The van der Waals surface area contributed by atoms with Crippen LogP contribution in [-0.4, -0.2) is 0 Å². The number of nitrogens with one attached hydrogen (secondary N) is 1. The molecule has 0 radical (unpaired) electrons. The molecule has 0 amide bonds. The fourth-order valence-electron chi connectivity index (χ4n) is 15.5. The molecule has 0 aliphatic rings. The van der Waals surface area contributed by atoms with E-state index in [9.17, 15) is 0 Å². The summed E-state index contributed by atoms with van der Waals surface area (Å²) in [7, 11) is -8.67. The molecule has 0 heterocycles. The maximum absolute atomic E-state index is 7.61. The van der Waals surface area contributed by atoms with Gasteiger partial charge in [-0.3, -0.25) is 9.05 Å². The van der Waals surface area contributed by atoms with Crippen LogP contribution in [0.15, 0.2) is 150 Å². The van der Waals surface area contributed by atoms with E-state index >= 15 is 0 Å². The van der Waals surface area contributed by atoms with Crippen molar-refractivity contribution in [2.45, 2.75) is 279 Å². The number of hydrogen-bond acceptors (Lipinski definition) is 8. The highest BCUT2D eigenvalue weighted by Gasteiger charge is 2.60. The Labute approximate surface area is 582 Å². The lowest BCUT2D eigenvalue weighted by atomic mass is 9.72.